The zero-order valence-corrected chi connectivity index (χ0v) is 7.08. The van der Waals surface area contributed by atoms with E-state index < -0.39 is 23.3 Å². The van der Waals surface area contributed by atoms with Gasteiger partial charge in [0.2, 0.25) is 0 Å². The molecule has 3 N–H and O–H groups in total. The average Bonchev–Trinajstić information content (AvgIpc) is 2.17. The molecule has 0 bridgehead atoms. The molecular weight excluding hydrogens is 194 g/mol. The normalized spacial score (nSPS) is 10.6. The molecule has 0 saturated carbocycles. The summed E-state index contributed by atoms with van der Waals surface area (Å²) < 4.78 is 25.0. The van der Waals surface area contributed by atoms with Crippen LogP contribution in [-0.4, -0.2) is 16.4 Å². The SMILES string of the molecule is NCc1ncc(O)c(C=O)c1C(F)F. The Morgan fingerprint density at radius 3 is 2.71 bits per heavy atom. The van der Waals surface area contributed by atoms with Crippen molar-refractivity contribution >= 4 is 6.29 Å². The molecule has 0 spiro atoms. The fourth-order valence-electron chi connectivity index (χ4n) is 1.10. The summed E-state index contributed by atoms with van der Waals surface area (Å²) in [6, 6.07) is 0. The van der Waals surface area contributed by atoms with Gasteiger partial charge in [-0.2, -0.15) is 0 Å². The molecule has 0 saturated heterocycles. The van der Waals surface area contributed by atoms with Crippen molar-refractivity contribution in [2.24, 2.45) is 5.73 Å². The predicted octanol–water partition coefficient (Wildman–Crippen LogP) is 0.996. The first kappa shape index (κ1) is 10.5. The lowest BCUT2D eigenvalue weighted by molar-refractivity contribution is 0.110. The van der Waals surface area contributed by atoms with Crippen LogP contribution in [-0.2, 0) is 6.54 Å². The number of aromatic nitrogens is 1. The van der Waals surface area contributed by atoms with Gasteiger partial charge < -0.3 is 10.8 Å². The van der Waals surface area contributed by atoms with E-state index in [1.54, 1.807) is 0 Å². The third kappa shape index (κ3) is 1.69. The first-order chi connectivity index (χ1) is 6.61. The van der Waals surface area contributed by atoms with Gasteiger partial charge in [0.15, 0.2) is 6.29 Å². The molecule has 0 atom stereocenters. The van der Waals surface area contributed by atoms with Crippen LogP contribution in [0.25, 0.3) is 0 Å². The zero-order valence-electron chi connectivity index (χ0n) is 7.08. The first-order valence-corrected chi connectivity index (χ1v) is 3.76. The fourth-order valence-corrected chi connectivity index (χ4v) is 1.10. The molecule has 6 heteroatoms. The van der Waals surface area contributed by atoms with Crippen LogP contribution in [0.4, 0.5) is 8.78 Å². The number of carbonyl (C=O) groups is 1. The smallest absolute Gasteiger partial charge is 0.266 e. The summed E-state index contributed by atoms with van der Waals surface area (Å²) in [6.07, 6.45) is -1.79. The summed E-state index contributed by atoms with van der Waals surface area (Å²) in [6.45, 7) is -0.208. The number of aldehydes is 1. The van der Waals surface area contributed by atoms with Crippen molar-refractivity contribution in [1.82, 2.24) is 4.98 Å². The number of rotatable bonds is 3. The van der Waals surface area contributed by atoms with E-state index in [0.29, 0.717) is 0 Å². The molecule has 0 radical (unpaired) electrons. The van der Waals surface area contributed by atoms with Crippen molar-refractivity contribution in [3.63, 3.8) is 0 Å². The standard InChI is InChI=1S/C8H8F2N2O2/c9-8(10)7-4(3-13)6(14)2-12-5(7)1-11/h2-3,8,14H,1,11H2. The van der Waals surface area contributed by atoms with Gasteiger partial charge in [-0.15, -0.1) is 0 Å². The molecule has 76 valence electrons. The van der Waals surface area contributed by atoms with Crippen molar-refractivity contribution in [3.8, 4) is 5.75 Å². The van der Waals surface area contributed by atoms with Crippen molar-refractivity contribution in [1.29, 1.82) is 0 Å². The minimum atomic E-state index is -2.88. The molecule has 14 heavy (non-hydrogen) atoms. The lowest BCUT2D eigenvalue weighted by atomic mass is 10.1. The van der Waals surface area contributed by atoms with E-state index in [4.69, 9.17) is 10.8 Å². The summed E-state index contributed by atoms with van der Waals surface area (Å²) in [5.41, 5.74) is 4.04. The first-order valence-electron chi connectivity index (χ1n) is 3.76. The highest BCUT2D eigenvalue weighted by atomic mass is 19.3. The summed E-state index contributed by atoms with van der Waals surface area (Å²) in [5.74, 6) is -0.562. The molecule has 0 fully saturated rings. The number of hydrogen-bond acceptors (Lipinski definition) is 4. The van der Waals surface area contributed by atoms with Gasteiger partial charge in [0.1, 0.15) is 5.75 Å². The number of nitrogens with two attached hydrogens (primary N) is 1. The fraction of sp³-hybridized carbons (Fsp3) is 0.250. The maximum atomic E-state index is 12.5. The number of nitrogens with zero attached hydrogens (tertiary/aromatic N) is 1. The van der Waals surface area contributed by atoms with Crippen LogP contribution < -0.4 is 5.73 Å². The number of aromatic hydroxyl groups is 1. The van der Waals surface area contributed by atoms with Gasteiger partial charge in [0, 0.05) is 6.54 Å². The van der Waals surface area contributed by atoms with Gasteiger partial charge in [-0.3, -0.25) is 9.78 Å². The van der Waals surface area contributed by atoms with Crippen LogP contribution in [0.5, 0.6) is 5.75 Å². The molecule has 1 rings (SSSR count). The number of alkyl halides is 2. The maximum absolute atomic E-state index is 12.5. The highest BCUT2D eigenvalue weighted by molar-refractivity contribution is 5.81. The van der Waals surface area contributed by atoms with Gasteiger partial charge in [0.05, 0.1) is 23.0 Å². The van der Waals surface area contributed by atoms with E-state index in [1.807, 2.05) is 0 Å². The summed E-state index contributed by atoms with van der Waals surface area (Å²) in [4.78, 5) is 14.0. The number of halogens is 2. The molecule has 0 aliphatic carbocycles. The second kappa shape index (κ2) is 4.10. The highest BCUT2D eigenvalue weighted by Crippen LogP contribution is 2.29. The number of carbonyl (C=O) groups excluding carboxylic acids is 1. The Morgan fingerprint density at radius 1 is 1.64 bits per heavy atom. The Hall–Kier alpha value is -1.56. The molecule has 1 aromatic heterocycles. The Morgan fingerprint density at radius 2 is 2.29 bits per heavy atom. The molecule has 0 aliphatic heterocycles. The van der Waals surface area contributed by atoms with Gasteiger partial charge in [-0.25, -0.2) is 8.78 Å². The van der Waals surface area contributed by atoms with Crippen LogP contribution in [0.1, 0.15) is 28.0 Å². The second-order valence-electron chi connectivity index (χ2n) is 2.54. The lowest BCUT2D eigenvalue weighted by Crippen LogP contribution is -2.08. The topological polar surface area (TPSA) is 76.2 Å². The third-order valence-electron chi connectivity index (χ3n) is 1.75. The van der Waals surface area contributed by atoms with Crippen molar-refractivity contribution in [2.75, 3.05) is 0 Å². The largest absolute Gasteiger partial charge is 0.506 e. The molecule has 0 aliphatic rings. The minimum Gasteiger partial charge on any atom is -0.506 e. The van der Waals surface area contributed by atoms with E-state index in [1.165, 1.54) is 0 Å². The quantitative estimate of drug-likeness (QED) is 0.717. The Kier molecular flexibility index (Phi) is 3.08. The molecule has 1 aromatic rings. The Bertz CT molecular complexity index is 355. The summed E-state index contributed by atoms with van der Waals surface area (Å²) in [7, 11) is 0. The Balaban J connectivity index is 3.43. The van der Waals surface area contributed by atoms with Crippen LogP contribution in [0.3, 0.4) is 0 Å². The molecule has 0 aromatic carbocycles. The average molecular weight is 202 g/mol. The van der Waals surface area contributed by atoms with E-state index in [2.05, 4.69) is 4.98 Å². The lowest BCUT2D eigenvalue weighted by Gasteiger charge is -2.09. The molecule has 4 nitrogen and oxygen atoms in total. The highest BCUT2D eigenvalue weighted by Gasteiger charge is 2.20. The molecule has 0 unspecified atom stereocenters. The van der Waals surface area contributed by atoms with Crippen molar-refractivity contribution in [3.05, 3.63) is 23.0 Å². The van der Waals surface area contributed by atoms with E-state index in [9.17, 15) is 13.6 Å². The molecule has 0 amide bonds. The van der Waals surface area contributed by atoms with Crippen LogP contribution in [0.2, 0.25) is 0 Å². The van der Waals surface area contributed by atoms with Crippen molar-refractivity contribution in [2.45, 2.75) is 13.0 Å². The molecular formula is C8H8F2N2O2. The number of hydrogen-bond donors (Lipinski definition) is 2. The summed E-state index contributed by atoms with van der Waals surface area (Å²) in [5, 5.41) is 9.09. The predicted molar refractivity (Wildman–Crippen MR) is 44.1 cm³/mol. The van der Waals surface area contributed by atoms with Crippen molar-refractivity contribution < 1.29 is 18.7 Å². The van der Waals surface area contributed by atoms with Gasteiger partial charge in [-0.05, 0) is 0 Å². The Labute approximate surface area is 78.4 Å². The van der Waals surface area contributed by atoms with Gasteiger partial charge in [0.25, 0.3) is 6.43 Å². The summed E-state index contributed by atoms with van der Waals surface area (Å²) >= 11 is 0. The molecule has 1 heterocycles. The number of pyridine rings is 1. The van der Waals surface area contributed by atoms with Crippen LogP contribution in [0, 0.1) is 0 Å². The maximum Gasteiger partial charge on any atom is 0.266 e. The van der Waals surface area contributed by atoms with Gasteiger partial charge in [-0.1, -0.05) is 0 Å². The van der Waals surface area contributed by atoms with E-state index in [-0.39, 0.29) is 18.5 Å². The second-order valence-corrected chi connectivity index (χ2v) is 2.54. The minimum absolute atomic E-state index is 0.0834. The monoisotopic (exact) mass is 202 g/mol. The zero-order chi connectivity index (χ0) is 10.7. The van der Waals surface area contributed by atoms with Gasteiger partial charge >= 0.3 is 0 Å². The third-order valence-corrected chi connectivity index (χ3v) is 1.75. The van der Waals surface area contributed by atoms with Crippen LogP contribution >= 0.6 is 0 Å². The van der Waals surface area contributed by atoms with E-state index in [0.717, 1.165) is 6.20 Å². The van der Waals surface area contributed by atoms with E-state index >= 15 is 0 Å². The van der Waals surface area contributed by atoms with Crippen LogP contribution in [0.15, 0.2) is 6.20 Å².